The number of hydrogen-bond acceptors (Lipinski definition) is 5. The number of benzene rings is 1. The molecule has 2 amide bonds. The van der Waals surface area contributed by atoms with Gasteiger partial charge in [-0.25, -0.2) is 0 Å². The Labute approximate surface area is 154 Å². The molecule has 1 aliphatic heterocycles. The number of nitrogens with zero attached hydrogens (tertiary/aromatic N) is 1. The first-order valence-corrected chi connectivity index (χ1v) is 8.87. The first kappa shape index (κ1) is 19.9. The van der Waals surface area contributed by atoms with Gasteiger partial charge in [-0.2, -0.15) is 0 Å². The Bertz CT molecular complexity index is 634. The Balaban J connectivity index is 2.04. The molecule has 0 aliphatic carbocycles. The van der Waals surface area contributed by atoms with Crippen LogP contribution in [0, 0.1) is 5.92 Å². The normalized spacial score (nSPS) is 17.1. The first-order valence-electron chi connectivity index (χ1n) is 8.87. The Morgan fingerprint density at radius 3 is 2.42 bits per heavy atom. The van der Waals surface area contributed by atoms with Crippen molar-refractivity contribution >= 4 is 11.8 Å². The Hall–Kier alpha value is -2.44. The van der Waals surface area contributed by atoms with Gasteiger partial charge in [-0.1, -0.05) is 13.8 Å². The second-order valence-corrected chi connectivity index (χ2v) is 6.87. The first-order chi connectivity index (χ1) is 12.3. The summed E-state index contributed by atoms with van der Waals surface area (Å²) in [5.74, 6) is 0.375. The van der Waals surface area contributed by atoms with Crippen LogP contribution >= 0.6 is 0 Å². The van der Waals surface area contributed by atoms with Crippen molar-refractivity contribution in [1.82, 2.24) is 10.2 Å². The van der Waals surface area contributed by atoms with Crippen molar-refractivity contribution in [2.75, 3.05) is 27.3 Å². The van der Waals surface area contributed by atoms with Gasteiger partial charge < -0.3 is 24.8 Å². The minimum Gasteiger partial charge on any atom is -0.502 e. The Morgan fingerprint density at radius 1 is 1.27 bits per heavy atom. The molecule has 1 saturated heterocycles. The number of phenols is 1. The highest BCUT2D eigenvalue weighted by Gasteiger charge is 2.26. The fraction of sp³-hybridized carbons (Fsp3) is 0.579. The Morgan fingerprint density at radius 2 is 1.88 bits per heavy atom. The maximum absolute atomic E-state index is 12.7. The molecule has 7 nitrogen and oxygen atoms in total. The maximum Gasteiger partial charge on any atom is 0.227 e. The standard InChI is InChI=1S/C19H28N2O5/c1-12(2)19(24)20-14-6-5-7-21(11-14)17(22)10-13-8-15(25-3)18(23)16(9-13)26-4/h8-9,12,14,23H,5-7,10-11H2,1-4H3,(H,20,24)/t14-/m0/s1. The number of nitrogens with one attached hydrogen (secondary N) is 1. The number of likely N-dealkylation sites (tertiary alicyclic amines) is 1. The summed E-state index contributed by atoms with van der Waals surface area (Å²) in [7, 11) is 2.90. The minimum absolute atomic E-state index is 0.00788. The van der Waals surface area contributed by atoms with E-state index in [0.29, 0.717) is 18.7 Å². The highest BCUT2D eigenvalue weighted by molar-refractivity contribution is 5.80. The molecule has 0 aromatic heterocycles. The fourth-order valence-electron chi connectivity index (χ4n) is 3.03. The number of rotatable bonds is 6. The zero-order chi connectivity index (χ0) is 19.3. The van der Waals surface area contributed by atoms with Crippen LogP contribution in [-0.4, -0.2) is 55.2 Å². The Kier molecular flexibility index (Phi) is 6.71. The molecule has 0 radical (unpaired) electrons. The van der Waals surface area contributed by atoms with Gasteiger partial charge >= 0.3 is 0 Å². The highest BCUT2D eigenvalue weighted by atomic mass is 16.5. The minimum atomic E-state index is -0.0827. The van der Waals surface area contributed by atoms with E-state index >= 15 is 0 Å². The largest absolute Gasteiger partial charge is 0.502 e. The molecule has 1 aromatic rings. The summed E-state index contributed by atoms with van der Waals surface area (Å²) < 4.78 is 10.3. The molecule has 1 heterocycles. The van der Waals surface area contributed by atoms with E-state index in [9.17, 15) is 14.7 Å². The third kappa shape index (κ3) is 4.80. The summed E-state index contributed by atoms with van der Waals surface area (Å²) in [5, 5.41) is 13.0. The van der Waals surface area contributed by atoms with E-state index in [1.807, 2.05) is 13.8 Å². The van der Waals surface area contributed by atoms with Crippen LogP contribution in [0.25, 0.3) is 0 Å². The van der Waals surface area contributed by atoms with E-state index in [-0.39, 0.29) is 47.4 Å². The van der Waals surface area contributed by atoms with Crippen molar-refractivity contribution < 1.29 is 24.2 Å². The molecule has 0 unspecified atom stereocenters. The molecular weight excluding hydrogens is 336 g/mol. The molecule has 144 valence electrons. The molecule has 26 heavy (non-hydrogen) atoms. The second kappa shape index (κ2) is 8.78. The van der Waals surface area contributed by atoms with Crippen LogP contribution in [0.1, 0.15) is 32.3 Å². The fourth-order valence-corrected chi connectivity index (χ4v) is 3.03. The van der Waals surface area contributed by atoms with Gasteiger partial charge in [0.15, 0.2) is 11.5 Å². The van der Waals surface area contributed by atoms with E-state index in [1.54, 1.807) is 17.0 Å². The van der Waals surface area contributed by atoms with Crippen LogP contribution in [0.5, 0.6) is 17.2 Å². The number of amides is 2. The topological polar surface area (TPSA) is 88.1 Å². The number of aromatic hydroxyl groups is 1. The van der Waals surface area contributed by atoms with Crippen molar-refractivity contribution in [3.05, 3.63) is 17.7 Å². The van der Waals surface area contributed by atoms with Crippen LogP contribution in [0.4, 0.5) is 0 Å². The SMILES string of the molecule is COc1cc(CC(=O)N2CCC[C@H](NC(=O)C(C)C)C2)cc(OC)c1O. The summed E-state index contributed by atoms with van der Waals surface area (Å²) in [6, 6.07) is 3.27. The number of methoxy groups -OCH3 is 2. The highest BCUT2D eigenvalue weighted by Crippen LogP contribution is 2.37. The molecule has 2 N–H and O–H groups in total. The maximum atomic E-state index is 12.7. The van der Waals surface area contributed by atoms with E-state index < -0.39 is 0 Å². The van der Waals surface area contributed by atoms with E-state index in [2.05, 4.69) is 5.32 Å². The number of hydrogen-bond donors (Lipinski definition) is 2. The van der Waals surface area contributed by atoms with Gasteiger partial charge in [0.25, 0.3) is 0 Å². The monoisotopic (exact) mass is 364 g/mol. The molecule has 7 heteroatoms. The second-order valence-electron chi connectivity index (χ2n) is 6.87. The van der Waals surface area contributed by atoms with Gasteiger partial charge in [-0.15, -0.1) is 0 Å². The van der Waals surface area contributed by atoms with Crippen molar-refractivity contribution in [3.63, 3.8) is 0 Å². The lowest BCUT2D eigenvalue weighted by molar-refractivity contribution is -0.133. The zero-order valence-electron chi connectivity index (χ0n) is 15.9. The zero-order valence-corrected chi connectivity index (χ0v) is 15.9. The summed E-state index contributed by atoms with van der Waals surface area (Å²) in [6.07, 6.45) is 1.91. The van der Waals surface area contributed by atoms with Crippen molar-refractivity contribution in [2.45, 2.75) is 39.2 Å². The number of ether oxygens (including phenoxy) is 2. The molecule has 0 spiro atoms. The third-order valence-electron chi connectivity index (χ3n) is 4.54. The molecular formula is C19H28N2O5. The summed E-state index contributed by atoms with van der Waals surface area (Å²) in [5.41, 5.74) is 0.704. The lowest BCUT2D eigenvalue weighted by Gasteiger charge is -2.33. The average Bonchev–Trinajstić information content (AvgIpc) is 2.62. The van der Waals surface area contributed by atoms with Crippen molar-refractivity contribution in [1.29, 1.82) is 0 Å². The molecule has 0 saturated carbocycles. The van der Waals surface area contributed by atoms with Gasteiger partial charge in [0.1, 0.15) is 0 Å². The number of piperidine rings is 1. The third-order valence-corrected chi connectivity index (χ3v) is 4.54. The molecule has 1 atom stereocenters. The molecule has 1 aromatic carbocycles. The van der Waals surface area contributed by atoms with Crippen LogP contribution in [0.2, 0.25) is 0 Å². The predicted octanol–water partition coefficient (Wildman–Crippen LogP) is 1.72. The predicted molar refractivity (Wildman–Crippen MR) is 97.5 cm³/mol. The van der Waals surface area contributed by atoms with E-state index in [1.165, 1.54) is 14.2 Å². The lowest BCUT2D eigenvalue weighted by Crippen LogP contribution is -2.50. The van der Waals surface area contributed by atoms with Crippen LogP contribution in [-0.2, 0) is 16.0 Å². The van der Waals surface area contributed by atoms with Crippen LogP contribution in [0.3, 0.4) is 0 Å². The summed E-state index contributed by atoms with van der Waals surface area (Å²) >= 11 is 0. The van der Waals surface area contributed by atoms with E-state index in [0.717, 1.165) is 12.8 Å². The lowest BCUT2D eigenvalue weighted by atomic mass is 10.0. The molecule has 1 fully saturated rings. The van der Waals surface area contributed by atoms with Gasteiger partial charge in [-0.3, -0.25) is 9.59 Å². The molecule has 0 bridgehead atoms. The van der Waals surface area contributed by atoms with Gasteiger partial charge in [-0.05, 0) is 30.5 Å². The average molecular weight is 364 g/mol. The quantitative estimate of drug-likeness (QED) is 0.802. The van der Waals surface area contributed by atoms with Gasteiger partial charge in [0, 0.05) is 25.0 Å². The van der Waals surface area contributed by atoms with Crippen molar-refractivity contribution in [3.8, 4) is 17.2 Å². The van der Waals surface area contributed by atoms with Crippen LogP contribution < -0.4 is 14.8 Å². The molecule has 1 aliphatic rings. The van der Waals surface area contributed by atoms with Gasteiger partial charge in [0.2, 0.25) is 17.6 Å². The van der Waals surface area contributed by atoms with E-state index in [4.69, 9.17) is 9.47 Å². The smallest absolute Gasteiger partial charge is 0.227 e. The number of phenolic OH excluding ortho intramolecular Hbond substituents is 1. The molecule has 2 rings (SSSR count). The summed E-state index contributed by atoms with van der Waals surface area (Å²) in [4.78, 5) is 26.3. The van der Waals surface area contributed by atoms with Gasteiger partial charge in [0.05, 0.1) is 20.6 Å². The summed E-state index contributed by atoms with van der Waals surface area (Å²) in [6.45, 7) is 4.90. The number of carbonyl (C=O) groups excluding carboxylic acids is 2. The van der Waals surface area contributed by atoms with Crippen molar-refractivity contribution in [2.24, 2.45) is 5.92 Å². The van der Waals surface area contributed by atoms with Crippen LogP contribution in [0.15, 0.2) is 12.1 Å². The number of carbonyl (C=O) groups is 2.